The highest BCUT2D eigenvalue weighted by Crippen LogP contribution is 2.38. The fourth-order valence-electron chi connectivity index (χ4n) is 2.82. The van der Waals surface area contributed by atoms with Gasteiger partial charge in [-0.15, -0.1) is 5.10 Å². The Morgan fingerprint density at radius 3 is 2.85 bits per heavy atom. The van der Waals surface area contributed by atoms with Crippen molar-refractivity contribution in [1.29, 1.82) is 5.26 Å². The summed E-state index contributed by atoms with van der Waals surface area (Å²) in [5, 5.41) is 25.7. The lowest BCUT2D eigenvalue weighted by Gasteiger charge is -2.28. The van der Waals surface area contributed by atoms with Crippen LogP contribution in [0, 0.1) is 17.1 Å². The second kappa shape index (κ2) is 6.69. The molecule has 2 aromatic heterocycles. The van der Waals surface area contributed by atoms with Gasteiger partial charge in [0.2, 0.25) is 5.95 Å². The smallest absolute Gasteiger partial charge is 0.389 e. The molecule has 0 amide bonds. The number of fused-ring (bicyclic) bond motifs is 1. The summed E-state index contributed by atoms with van der Waals surface area (Å²) in [6.45, 7) is 1.33. The van der Waals surface area contributed by atoms with E-state index < -0.39 is 41.3 Å². The van der Waals surface area contributed by atoms with Crippen molar-refractivity contribution in [2.75, 3.05) is 18.5 Å². The molecular formula is C15H15F4N5O2. The van der Waals surface area contributed by atoms with Crippen molar-refractivity contribution >= 4 is 11.5 Å². The first-order chi connectivity index (χ1) is 12.2. The van der Waals surface area contributed by atoms with Gasteiger partial charge < -0.3 is 15.2 Å². The first-order valence-corrected chi connectivity index (χ1v) is 7.80. The Balaban J connectivity index is 2.06. The van der Waals surface area contributed by atoms with E-state index in [1.807, 2.05) is 0 Å². The van der Waals surface area contributed by atoms with E-state index in [0.717, 1.165) is 17.6 Å². The Kier molecular flexibility index (Phi) is 4.72. The summed E-state index contributed by atoms with van der Waals surface area (Å²) < 4.78 is 59.6. The third-order valence-electron chi connectivity index (χ3n) is 4.31. The second-order valence-corrected chi connectivity index (χ2v) is 6.01. The topological polar surface area (TPSA) is 95.5 Å². The predicted molar refractivity (Wildman–Crippen MR) is 81.0 cm³/mol. The molecule has 1 saturated heterocycles. The minimum Gasteiger partial charge on any atom is -0.389 e. The van der Waals surface area contributed by atoms with E-state index in [0.29, 0.717) is 13.0 Å². The lowest BCUT2D eigenvalue weighted by molar-refractivity contribution is -0.147. The van der Waals surface area contributed by atoms with Crippen LogP contribution in [-0.2, 0) is 4.74 Å². The Morgan fingerprint density at radius 1 is 1.50 bits per heavy atom. The summed E-state index contributed by atoms with van der Waals surface area (Å²) in [5.74, 6) is -3.29. The molecule has 0 saturated carbocycles. The summed E-state index contributed by atoms with van der Waals surface area (Å²) in [6, 6.07) is 1.02. The summed E-state index contributed by atoms with van der Waals surface area (Å²) in [6.07, 6.45) is -4.07. The number of aliphatic hydroxyl groups is 1. The molecular weight excluding hydrogens is 358 g/mol. The number of anilines is 1. The highest BCUT2D eigenvalue weighted by Gasteiger charge is 2.42. The van der Waals surface area contributed by atoms with Gasteiger partial charge in [0.25, 0.3) is 0 Å². The summed E-state index contributed by atoms with van der Waals surface area (Å²) >= 11 is 0. The van der Waals surface area contributed by atoms with Gasteiger partial charge in [-0.3, -0.25) is 0 Å². The number of nitriles is 1. The van der Waals surface area contributed by atoms with Crippen molar-refractivity contribution in [2.45, 2.75) is 37.6 Å². The maximum Gasteiger partial charge on any atom is 0.397 e. The average Bonchev–Trinajstić information content (AvgIpc) is 2.87. The highest BCUT2D eigenvalue weighted by atomic mass is 19.4. The molecule has 1 aliphatic heterocycles. The standard InChI is InChI=1S/C15H15F4N5O2/c1-7(15(17,18)19)13-8(4-20)12(16)10-5-21-14(23-24(10)13)22-9-2-3-26-6-11(9)25/h5,7,9,11,25H,2-3,6H2,1H3,(H,22,23)/t7?,9-,11-/m1/s1. The average molecular weight is 373 g/mol. The number of nitrogens with zero attached hydrogens (tertiary/aromatic N) is 4. The molecule has 0 aliphatic carbocycles. The van der Waals surface area contributed by atoms with E-state index in [4.69, 9.17) is 10.00 Å². The van der Waals surface area contributed by atoms with Crippen LogP contribution in [0.15, 0.2) is 6.20 Å². The molecule has 140 valence electrons. The fraction of sp³-hybridized carbons (Fsp3) is 0.533. The van der Waals surface area contributed by atoms with Gasteiger partial charge in [-0.25, -0.2) is 13.9 Å². The Labute approximate surface area is 145 Å². The van der Waals surface area contributed by atoms with Crippen LogP contribution in [0.2, 0.25) is 0 Å². The fourth-order valence-corrected chi connectivity index (χ4v) is 2.82. The monoisotopic (exact) mass is 373 g/mol. The molecule has 3 rings (SSSR count). The van der Waals surface area contributed by atoms with Crippen LogP contribution in [0.1, 0.15) is 30.5 Å². The normalized spacial score (nSPS) is 22.2. The van der Waals surface area contributed by atoms with E-state index in [1.165, 1.54) is 6.07 Å². The van der Waals surface area contributed by atoms with Crippen LogP contribution < -0.4 is 5.32 Å². The molecule has 0 aromatic carbocycles. The minimum absolute atomic E-state index is 0.0847. The van der Waals surface area contributed by atoms with Crippen molar-refractivity contribution in [1.82, 2.24) is 14.6 Å². The second-order valence-electron chi connectivity index (χ2n) is 6.01. The van der Waals surface area contributed by atoms with Crippen molar-refractivity contribution in [3.05, 3.63) is 23.3 Å². The summed E-state index contributed by atoms with van der Waals surface area (Å²) in [5.41, 5.74) is -1.64. The maximum absolute atomic E-state index is 14.3. The lowest BCUT2D eigenvalue weighted by atomic mass is 10.0. The molecule has 26 heavy (non-hydrogen) atoms. The molecule has 11 heteroatoms. The number of nitrogens with one attached hydrogen (secondary N) is 1. The van der Waals surface area contributed by atoms with Gasteiger partial charge in [0.05, 0.1) is 36.6 Å². The van der Waals surface area contributed by atoms with E-state index in [9.17, 15) is 22.7 Å². The molecule has 2 aromatic rings. The van der Waals surface area contributed by atoms with Crippen LogP contribution in [0.4, 0.5) is 23.5 Å². The molecule has 7 nitrogen and oxygen atoms in total. The molecule has 0 spiro atoms. The van der Waals surface area contributed by atoms with Crippen LogP contribution >= 0.6 is 0 Å². The Hall–Kier alpha value is -2.45. The van der Waals surface area contributed by atoms with Crippen LogP contribution in [0.25, 0.3) is 5.52 Å². The largest absolute Gasteiger partial charge is 0.397 e. The van der Waals surface area contributed by atoms with Gasteiger partial charge in [0.1, 0.15) is 17.1 Å². The molecule has 1 fully saturated rings. The minimum atomic E-state index is -4.68. The number of aromatic nitrogens is 3. The first kappa shape index (κ1) is 18.3. The van der Waals surface area contributed by atoms with Gasteiger partial charge in [0, 0.05) is 6.61 Å². The van der Waals surface area contributed by atoms with Gasteiger partial charge in [0.15, 0.2) is 5.82 Å². The highest BCUT2D eigenvalue weighted by molar-refractivity contribution is 5.58. The van der Waals surface area contributed by atoms with Crippen LogP contribution in [0.5, 0.6) is 0 Å². The van der Waals surface area contributed by atoms with Crippen molar-refractivity contribution in [3.63, 3.8) is 0 Å². The van der Waals surface area contributed by atoms with Gasteiger partial charge in [-0.05, 0) is 13.3 Å². The number of rotatable bonds is 3. The number of aliphatic hydroxyl groups excluding tert-OH is 1. The SMILES string of the molecule is CC(c1c(C#N)c(F)c2cnc(N[C@@H]3CCOC[C@H]3O)nn12)C(F)(F)F. The van der Waals surface area contributed by atoms with E-state index in [2.05, 4.69) is 15.4 Å². The first-order valence-electron chi connectivity index (χ1n) is 7.80. The van der Waals surface area contributed by atoms with Crippen molar-refractivity contribution in [3.8, 4) is 6.07 Å². The third-order valence-corrected chi connectivity index (χ3v) is 4.31. The summed E-state index contributed by atoms with van der Waals surface area (Å²) in [7, 11) is 0. The number of ether oxygens (including phenoxy) is 1. The Morgan fingerprint density at radius 2 is 2.23 bits per heavy atom. The number of hydrogen-bond acceptors (Lipinski definition) is 6. The molecule has 0 bridgehead atoms. The zero-order valence-electron chi connectivity index (χ0n) is 13.6. The predicted octanol–water partition coefficient (Wildman–Crippen LogP) is 1.97. The zero-order valence-corrected chi connectivity index (χ0v) is 13.6. The molecule has 2 N–H and O–H groups in total. The van der Waals surface area contributed by atoms with Gasteiger partial charge in [-0.2, -0.15) is 18.4 Å². The van der Waals surface area contributed by atoms with Crippen molar-refractivity contribution in [2.24, 2.45) is 0 Å². The lowest BCUT2D eigenvalue weighted by Crippen LogP contribution is -2.42. The quantitative estimate of drug-likeness (QED) is 0.799. The summed E-state index contributed by atoms with van der Waals surface area (Å²) in [4.78, 5) is 3.88. The van der Waals surface area contributed by atoms with Crippen LogP contribution in [0.3, 0.4) is 0 Å². The molecule has 0 radical (unpaired) electrons. The number of hydrogen-bond donors (Lipinski definition) is 2. The zero-order chi connectivity index (χ0) is 19.1. The molecule has 1 aliphatic rings. The third kappa shape index (κ3) is 3.17. The number of halogens is 4. The van der Waals surface area contributed by atoms with Crippen LogP contribution in [-0.4, -0.2) is 51.2 Å². The maximum atomic E-state index is 14.3. The van der Waals surface area contributed by atoms with E-state index in [-0.39, 0.29) is 18.1 Å². The van der Waals surface area contributed by atoms with E-state index in [1.54, 1.807) is 0 Å². The molecule has 1 unspecified atom stereocenters. The molecule has 3 heterocycles. The van der Waals surface area contributed by atoms with Gasteiger partial charge >= 0.3 is 6.18 Å². The Bertz CT molecular complexity index is 860. The van der Waals surface area contributed by atoms with Gasteiger partial charge in [-0.1, -0.05) is 0 Å². The molecule has 3 atom stereocenters. The van der Waals surface area contributed by atoms with E-state index >= 15 is 0 Å². The van der Waals surface area contributed by atoms with Crippen molar-refractivity contribution < 1.29 is 27.4 Å². The number of alkyl halides is 3.